The largest absolute Gasteiger partial charge is 0.507 e. The highest BCUT2D eigenvalue weighted by atomic mass is 16.5. The van der Waals surface area contributed by atoms with Crippen LogP contribution in [0, 0.1) is 0 Å². The predicted molar refractivity (Wildman–Crippen MR) is 168 cm³/mol. The van der Waals surface area contributed by atoms with Gasteiger partial charge in [0.1, 0.15) is 11.5 Å². The van der Waals surface area contributed by atoms with Crippen LogP contribution in [0.2, 0.25) is 0 Å². The number of hydrogen-bond acceptors (Lipinski definition) is 4. The molecule has 0 aliphatic rings. The number of rotatable bonds is 14. The van der Waals surface area contributed by atoms with E-state index in [1.807, 2.05) is 90.7 Å². The summed E-state index contributed by atoms with van der Waals surface area (Å²) in [5, 5.41) is 13.9. The SMILES string of the molecule is C/C=C(\C=C(/OC)c1cccc(-c2ccc(NC(C)=O)cc2)c1O)CCCCCN(CCC)C(=O)c1ccccc1. The molecule has 3 rings (SSSR count). The molecule has 0 bridgehead atoms. The third-order valence-electron chi connectivity index (χ3n) is 6.92. The minimum Gasteiger partial charge on any atom is -0.507 e. The molecule has 0 fully saturated rings. The van der Waals surface area contributed by atoms with Crippen molar-refractivity contribution in [2.45, 2.75) is 52.9 Å². The minimum atomic E-state index is -0.131. The average Bonchev–Trinajstić information content (AvgIpc) is 2.98. The molecule has 0 heterocycles. The number of ether oxygens (including phenoxy) is 1. The van der Waals surface area contributed by atoms with Crippen LogP contribution in [-0.2, 0) is 9.53 Å². The average molecular weight is 555 g/mol. The number of aromatic hydroxyl groups is 1. The number of allylic oxidation sites excluding steroid dienone is 3. The molecule has 0 radical (unpaired) electrons. The van der Waals surface area contributed by atoms with Crippen molar-refractivity contribution in [2.24, 2.45) is 0 Å². The van der Waals surface area contributed by atoms with Crippen LogP contribution in [0.3, 0.4) is 0 Å². The molecule has 0 aliphatic heterocycles. The number of nitrogens with one attached hydrogen (secondary N) is 1. The van der Waals surface area contributed by atoms with Crippen LogP contribution in [0.5, 0.6) is 5.75 Å². The molecule has 0 atom stereocenters. The third-order valence-corrected chi connectivity index (χ3v) is 6.92. The lowest BCUT2D eigenvalue weighted by Gasteiger charge is -2.22. The van der Waals surface area contributed by atoms with Crippen molar-refractivity contribution >= 4 is 23.3 Å². The highest BCUT2D eigenvalue weighted by molar-refractivity contribution is 5.94. The van der Waals surface area contributed by atoms with Crippen molar-refractivity contribution < 1.29 is 19.4 Å². The van der Waals surface area contributed by atoms with Crippen molar-refractivity contribution in [1.82, 2.24) is 4.90 Å². The Kier molecular flexibility index (Phi) is 12.2. The van der Waals surface area contributed by atoms with Gasteiger partial charge in [0.25, 0.3) is 5.91 Å². The molecule has 0 unspecified atom stereocenters. The Morgan fingerprint density at radius 3 is 2.29 bits per heavy atom. The lowest BCUT2D eigenvalue weighted by atomic mass is 9.98. The van der Waals surface area contributed by atoms with Crippen LogP contribution in [0.15, 0.2) is 90.5 Å². The van der Waals surface area contributed by atoms with Gasteiger partial charge in [-0.15, -0.1) is 0 Å². The molecule has 41 heavy (non-hydrogen) atoms. The number of unbranched alkanes of at least 4 members (excludes halogenated alkanes) is 2. The summed E-state index contributed by atoms with van der Waals surface area (Å²) in [5.74, 6) is 0.700. The lowest BCUT2D eigenvalue weighted by Crippen LogP contribution is -2.32. The number of hydrogen-bond donors (Lipinski definition) is 2. The predicted octanol–water partition coefficient (Wildman–Crippen LogP) is 8.06. The van der Waals surface area contributed by atoms with Crippen molar-refractivity contribution in [3.8, 4) is 16.9 Å². The van der Waals surface area contributed by atoms with E-state index in [2.05, 4.69) is 18.3 Å². The van der Waals surface area contributed by atoms with Gasteiger partial charge in [0.15, 0.2) is 0 Å². The molecule has 3 aromatic carbocycles. The smallest absolute Gasteiger partial charge is 0.253 e. The summed E-state index contributed by atoms with van der Waals surface area (Å²) < 4.78 is 5.73. The quantitative estimate of drug-likeness (QED) is 0.120. The Bertz CT molecular complexity index is 1340. The van der Waals surface area contributed by atoms with E-state index in [4.69, 9.17) is 4.74 Å². The molecule has 2 amide bonds. The van der Waals surface area contributed by atoms with Crippen molar-refractivity contribution in [1.29, 1.82) is 0 Å². The Balaban J connectivity index is 1.62. The van der Waals surface area contributed by atoms with E-state index in [0.29, 0.717) is 22.6 Å². The van der Waals surface area contributed by atoms with Crippen LogP contribution in [-0.4, -0.2) is 42.0 Å². The second kappa shape index (κ2) is 16.1. The first-order valence-corrected chi connectivity index (χ1v) is 14.3. The zero-order chi connectivity index (χ0) is 29.6. The summed E-state index contributed by atoms with van der Waals surface area (Å²) in [7, 11) is 1.61. The van der Waals surface area contributed by atoms with Crippen LogP contribution in [0.25, 0.3) is 16.9 Å². The number of phenolic OH excluding ortho intramolecular Hbond substituents is 1. The van der Waals surface area contributed by atoms with E-state index in [1.165, 1.54) is 6.92 Å². The fourth-order valence-corrected chi connectivity index (χ4v) is 4.78. The number of nitrogens with zero attached hydrogens (tertiary/aromatic N) is 1. The number of para-hydroxylation sites is 1. The Morgan fingerprint density at radius 1 is 0.927 bits per heavy atom. The van der Waals surface area contributed by atoms with Crippen LogP contribution in [0.4, 0.5) is 5.69 Å². The maximum absolute atomic E-state index is 12.9. The zero-order valence-electron chi connectivity index (χ0n) is 24.7. The molecule has 0 saturated carbocycles. The Morgan fingerprint density at radius 2 is 1.66 bits per heavy atom. The van der Waals surface area contributed by atoms with E-state index in [-0.39, 0.29) is 17.6 Å². The van der Waals surface area contributed by atoms with E-state index in [9.17, 15) is 14.7 Å². The highest BCUT2D eigenvalue weighted by Gasteiger charge is 2.15. The van der Waals surface area contributed by atoms with Gasteiger partial charge in [-0.3, -0.25) is 9.59 Å². The second-order valence-corrected chi connectivity index (χ2v) is 10.0. The van der Waals surface area contributed by atoms with Crippen LogP contribution >= 0.6 is 0 Å². The van der Waals surface area contributed by atoms with Gasteiger partial charge in [0.05, 0.1) is 12.7 Å². The maximum atomic E-state index is 12.9. The first kappa shape index (κ1) is 31.2. The minimum absolute atomic E-state index is 0.0972. The van der Waals surface area contributed by atoms with Gasteiger partial charge >= 0.3 is 0 Å². The molecular weight excluding hydrogens is 512 g/mol. The Labute approximate surface area is 244 Å². The molecule has 0 spiro atoms. The number of methoxy groups -OCH3 is 1. The standard InChI is InChI=1S/C35H42N2O4/c1-5-23-37(35(40)29-15-10-7-11-16-29)24-12-8-9-14-27(6-2)25-33(41-4)32-18-13-17-31(34(32)39)28-19-21-30(22-20-28)36-26(3)38/h6-7,10-11,13,15-22,25,39H,5,8-9,12,14,23-24H2,1-4H3,(H,36,38)/b27-6-,33-25-. The van der Waals surface area contributed by atoms with E-state index < -0.39 is 0 Å². The summed E-state index contributed by atoms with van der Waals surface area (Å²) >= 11 is 0. The molecule has 216 valence electrons. The summed E-state index contributed by atoms with van der Waals surface area (Å²) in [4.78, 5) is 26.2. The summed E-state index contributed by atoms with van der Waals surface area (Å²) in [5.41, 5.74) is 4.70. The van der Waals surface area contributed by atoms with E-state index >= 15 is 0 Å². The van der Waals surface area contributed by atoms with Crippen molar-refractivity contribution in [3.63, 3.8) is 0 Å². The maximum Gasteiger partial charge on any atom is 0.253 e. The molecule has 0 aromatic heterocycles. The molecule has 0 aliphatic carbocycles. The molecule has 3 aromatic rings. The highest BCUT2D eigenvalue weighted by Crippen LogP contribution is 2.37. The molecular formula is C35H42N2O4. The van der Waals surface area contributed by atoms with Gasteiger partial charge in [-0.25, -0.2) is 0 Å². The monoisotopic (exact) mass is 554 g/mol. The van der Waals surface area contributed by atoms with Crippen molar-refractivity contribution in [3.05, 3.63) is 102 Å². The van der Waals surface area contributed by atoms with Crippen molar-refractivity contribution in [2.75, 3.05) is 25.5 Å². The number of carbonyl (C=O) groups is 2. The summed E-state index contributed by atoms with van der Waals surface area (Å²) in [6.07, 6.45) is 8.80. The molecule has 0 saturated heterocycles. The number of carbonyl (C=O) groups excluding carboxylic acids is 2. The van der Waals surface area contributed by atoms with Gasteiger partial charge in [0.2, 0.25) is 5.91 Å². The topological polar surface area (TPSA) is 78.9 Å². The van der Waals surface area contributed by atoms with Gasteiger partial charge in [-0.1, -0.05) is 61.9 Å². The van der Waals surface area contributed by atoms with E-state index in [0.717, 1.165) is 61.9 Å². The number of phenols is 1. The van der Waals surface area contributed by atoms with E-state index in [1.54, 1.807) is 7.11 Å². The fourth-order valence-electron chi connectivity index (χ4n) is 4.78. The van der Waals surface area contributed by atoms with Gasteiger partial charge in [-0.2, -0.15) is 0 Å². The molecule has 6 heteroatoms. The zero-order valence-corrected chi connectivity index (χ0v) is 24.7. The van der Waals surface area contributed by atoms with Gasteiger partial charge < -0.3 is 20.1 Å². The first-order chi connectivity index (χ1) is 19.9. The number of anilines is 1. The molecule has 2 N–H and O–H groups in total. The number of amides is 2. The third kappa shape index (κ3) is 9.10. The summed E-state index contributed by atoms with van der Waals surface area (Å²) in [6.45, 7) is 7.08. The normalized spacial score (nSPS) is 11.7. The van der Waals surface area contributed by atoms with Gasteiger partial charge in [-0.05, 0) is 80.2 Å². The second-order valence-electron chi connectivity index (χ2n) is 10.0. The van der Waals surface area contributed by atoms with Crippen LogP contribution in [0.1, 0.15) is 68.8 Å². The Hall–Kier alpha value is -4.32. The fraction of sp³-hybridized carbons (Fsp3) is 0.314. The van der Waals surface area contributed by atoms with Crippen LogP contribution < -0.4 is 5.32 Å². The van der Waals surface area contributed by atoms with Gasteiger partial charge in [0, 0.05) is 36.8 Å². The lowest BCUT2D eigenvalue weighted by molar-refractivity contribution is -0.114. The number of benzene rings is 3. The first-order valence-electron chi connectivity index (χ1n) is 14.3. The molecule has 6 nitrogen and oxygen atoms in total. The summed E-state index contributed by atoms with van der Waals surface area (Å²) in [6, 6.07) is 22.4.